The molecule has 276 valence electrons. The number of aliphatic carboxylic acids is 1. The number of H-pyrrole nitrogens is 1. The molecule has 2 heterocycles. The zero-order valence-corrected chi connectivity index (χ0v) is 30.0. The number of rotatable bonds is 15. The molecule has 0 aliphatic carbocycles. The number of nitrogens with zero attached hydrogens (tertiary/aromatic N) is 2. The number of hydrogen-bond donors (Lipinski definition) is 2. The molecule has 0 bridgehead atoms. The smallest absolute Gasteiger partial charge is 0.330 e. The number of aromatic nitrogens is 2. The summed E-state index contributed by atoms with van der Waals surface area (Å²) in [6.07, 6.45) is -0.215. The van der Waals surface area contributed by atoms with Gasteiger partial charge in [0.25, 0.3) is 5.56 Å². The molecule has 1 saturated heterocycles. The van der Waals surface area contributed by atoms with Crippen LogP contribution in [0.1, 0.15) is 55.2 Å². The molecular formula is C39H45N3O10. The van der Waals surface area contributed by atoms with Gasteiger partial charge in [-0.25, -0.2) is 4.79 Å². The summed E-state index contributed by atoms with van der Waals surface area (Å²) in [6.45, 7) is 5.60. The summed E-state index contributed by atoms with van der Waals surface area (Å²) in [5.74, 6) is -0.551. The van der Waals surface area contributed by atoms with Crippen molar-refractivity contribution in [1.82, 2.24) is 14.5 Å². The molecule has 1 aliphatic heterocycles. The van der Waals surface area contributed by atoms with Gasteiger partial charge in [0.2, 0.25) is 0 Å². The summed E-state index contributed by atoms with van der Waals surface area (Å²) in [6, 6.07) is 24.7. The molecule has 1 aromatic heterocycles. The fourth-order valence-corrected chi connectivity index (χ4v) is 6.34. The summed E-state index contributed by atoms with van der Waals surface area (Å²) in [7, 11) is 3.18. The fraction of sp³-hybridized carbons (Fsp3) is 0.385. The third-order valence-corrected chi connectivity index (χ3v) is 9.22. The molecule has 0 radical (unpaired) electrons. The Balaban J connectivity index is 1.66. The average Bonchev–Trinajstić information content (AvgIpc) is 3.15. The van der Waals surface area contributed by atoms with E-state index in [4.69, 9.17) is 23.7 Å². The van der Waals surface area contributed by atoms with Crippen LogP contribution >= 0.6 is 0 Å². The van der Waals surface area contributed by atoms with Crippen LogP contribution in [0.3, 0.4) is 0 Å². The molecule has 1 aliphatic rings. The number of esters is 1. The van der Waals surface area contributed by atoms with Gasteiger partial charge in [0.15, 0.2) is 6.23 Å². The number of methoxy groups -OCH3 is 2. The Labute approximate surface area is 301 Å². The van der Waals surface area contributed by atoms with E-state index in [1.54, 1.807) is 21.1 Å². The zero-order valence-electron chi connectivity index (χ0n) is 30.0. The van der Waals surface area contributed by atoms with Crippen molar-refractivity contribution < 1.29 is 38.4 Å². The van der Waals surface area contributed by atoms with Gasteiger partial charge in [0.05, 0.1) is 33.7 Å². The third kappa shape index (κ3) is 8.44. The van der Waals surface area contributed by atoms with E-state index in [-0.39, 0.29) is 38.8 Å². The van der Waals surface area contributed by atoms with Crippen LogP contribution in [0.2, 0.25) is 0 Å². The number of carboxylic acids is 1. The van der Waals surface area contributed by atoms with Crippen LogP contribution in [0.15, 0.2) is 94.6 Å². The van der Waals surface area contributed by atoms with Crippen LogP contribution in [-0.2, 0) is 29.4 Å². The van der Waals surface area contributed by atoms with Crippen molar-refractivity contribution in [2.45, 2.75) is 57.1 Å². The van der Waals surface area contributed by atoms with Gasteiger partial charge in [0, 0.05) is 30.9 Å². The van der Waals surface area contributed by atoms with Gasteiger partial charge in [-0.15, -0.1) is 0 Å². The van der Waals surface area contributed by atoms with Crippen LogP contribution in [0.25, 0.3) is 0 Å². The fourth-order valence-electron chi connectivity index (χ4n) is 6.34. The SMILES string of the molecule is COc1ccc(C(OC[C@@]2(COC(=O)CCC(=O)O)CN(C(C)C)C[C@H](n3cc(C)c(=O)[nH]c3=O)O2)(c2ccccc2)c2ccc(OC)cc2)cc1. The standard InChI is InChI=1S/C39H45N3O10/c1-26(2)41-22-33(42-21-27(3)36(46)40-37(42)47)52-38(23-41,24-50-35(45)20-19-34(43)44)25-51-39(28-9-7-6-8-10-28,29-11-15-31(48-4)16-12-29)30-13-17-32(49-5)18-14-30/h6-18,21,26,33H,19-20,22-25H2,1-5H3,(H,43,44)(H,40,46,47)/t33-,38+/m1/s1. The molecule has 2 atom stereocenters. The molecule has 1 fully saturated rings. The molecule has 13 nitrogen and oxygen atoms in total. The summed E-state index contributed by atoms with van der Waals surface area (Å²) in [5.41, 5.74) is -1.19. The summed E-state index contributed by atoms with van der Waals surface area (Å²) in [5, 5.41) is 9.19. The first-order valence-corrected chi connectivity index (χ1v) is 17.0. The minimum absolute atomic E-state index is 0.0462. The first kappa shape index (κ1) is 38.0. The van der Waals surface area contributed by atoms with Crippen LogP contribution in [-0.4, -0.2) is 83.7 Å². The number of carbonyl (C=O) groups excluding carboxylic acids is 1. The summed E-state index contributed by atoms with van der Waals surface area (Å²) < 4.78 is 32.1. The van der Waals surface area contributed by atoms with E-state index in [1.807, 2.05) is 92.7 Å². The second kappa shape index (κ2) is 16.4. The lowest BCUT2D eigenvalue weighted by atomic mass is 9.79. The van der Waals surface area contributed by atoms with Crippen molar-refractivity contribution in [3.63, 3.8) is 0 Å². The Bertz CT molecular complexity index is 1890. The molecule has 4 aromatic rings. The minimum atomic E-state index is -1.39. The topological polar surface area (TPSA) is 159 Å². The Morgan fingerprint density at radius 1 is 0.904 bits per heavy atom. The number of carboxylic acid groups (broad SMARTS) is 1. The Kier molecular flexibility index (Phi) is 12.0. The molecule has 2 N–H and O–H groups in total. The lowest BCUT2D eigenvalue weighted by Crippen LogP contribution is -2.61. The second-order valence-corrected chi connectivity index (χ2v) is 13.1. The van der Waals surface area contributed by atoms with Gasteiger partial charge in [-0.05, 0) is 61.7 Å². The number of aryl methyl sites for hydroxylation is 1. The van der Waals surface area contributed by atoms with Crippen molar-refractivity contribution in [3.8, 4) is 11.5 Å². The van der Waals surface area contributed by atoms with E-state index in [0.29, 0.717) is 17.1 Å². The maximum Gasteiger partial charge on any atom is 0.330 e. The summed E-state index contributed by atoms with van der Waals surface area (Å²) in [4.78, 5) is 54.1. The number of benzene rings is 3. The van der Waals surface area contributed by atoms with Crippen molar-refractivity contribution >= 4 is 11.9 Å². The van der Waals surface area contributed by atoms with Crippen LogP contribution in [0.4, 0.5) is 0 Å². The highest BCUT2D eigenvalue weighted by molar-refractivity contribution is 5.76. The van der Waals surface area contributed by atoms with Crippen molar-refractivity contribution in [1.29, 1.82) is 0 Å². The molecule has 3 aromatic carbocycles. The van der Waals surface area contributed by atoms with Crippen LogP contribution < -0.4 is 20.7 Å². The first-order valence-electron chi connectivity index (χ1n) is 17.0. The van der Waals surface area contributed by atoms with E-state index >= 15 is 0 Å². The highest BCUT2D eigenvalue weighted by atomic mass is 16.6. The number of aromatic amines is 1. The molecular weight excluding hydrogens is 670 g/mol. The van der Waals surface area contributed by atoms with Gasteiger partial charge in [-0.1, -0.05) is 54.6 Å². The third-order valence-electron chi connectivity index (χ3n) is 9.22. The largest absolute Gasteiger partial charge is 0.497 e. The highest BCUT2D eigenvalue weighted by Gasteiger charge is 2.48. The normalized spacial score (nSPS) is 17.8. The Morgan fingerprint density at radius 3 is 2.02 bits per heavy atom. The van der Waals surface area contributed by atoms with E-state index < -0.39 is 47.0 Å². The van der Waals surface area contributed by atoms with Gasteiger partial charge in [-0.2, -0.15) is 0 Å². The summed E-state index contributed by atoms with van der Waals surface area (Å²) >= 11 is 0. The van der Waals surface area contributed by atoms with E-state index in [2.05, 4.69) is 9.88 Å². The quantitative estimate of drug-likeness (QED) is 0.134. The van der Waals surface area contributed by atoms with Crippen LogP contribution in [0, 0.1) is 6.92 Å². The van der Waals surface area contributed by atoms with E-state index in [1.165, 1.54) is 10.8 Å². The van der Waals surface area contributed by atoms with Crippen LogP contribution in [0.5, 0.6) is 11.5 Å². The van der Waals surface area contributed by atoms with E-state index in [0.717, 1.165) is 16.7 Å². The lowest BCUT2D eigenvalue weighted by Gasteiger charge is -2.48. The van der Waals surface area contributed by atoms with Gasteiger partial charge < -0.3 is 28.8 Å². The monoisotopic (exact) mass is 715 g/mol. The van der Waals surface area contributed by atoms with Crippen molar-refractivity contribution in [3.05, 3.63) is 128 Å². The molecule has 0 spiro atoms. The molecule has 0 unspecified atom stereocenters. The van der Waals surface area contributed by atoms with Crippen molar-refractivity contribution in [2.24, 2.45) is 0 Å². The van der Waals surface area contributed by atoms with Gasteiger partial charge in [0.1, 0.15) is 29.3 Å². The Morgan fingerprint density at radius 2 is 1.48 bits per heavy atom. The number of carbonyl (C=O) groups is 2. The second-order valence-electron chi connectivity index (χ2n) is 13.1. The van der Waals surface area contributed by atoms with E-state index in [9.17, 15) is 24.3 Å². The zero-order chi connectivity index (χ0) is 37.5. The molecule has 5 rings (SSSR count). The maximum atomic E-state index is 13.2. The van der Waals surface area contributed by atoms with Crippen molar-refractivity contribution in [2.75, 3.05) is 40.5 Å². The molecule has 13 heteroatoms. The highest BCUT2D eigenvalue weighted by Crippen LogP contribution is 2.43. The number of ether oxygens (including phenoxy) is 5. The minimum Gasteiger partial charge on any atom is -0.497 e. The van der Waals surface area contributed by atoms with Gasteiger partial charge >= 0.3 is 17.6 Å². The average molecular weight is 716 g/mol. The maximum absolute atomic E-state index is 13.2. The molecule has 0 amide bonds. The number of nitrogens with one attached hydrogen (secondary N) is 1. The predicted octanol–water partition coefficient (Wildman–Crippen LogP) is 4.26. The number of hydrogen-bond acceptors (Lipinski definition) is 10. The Hall–Kier alpha value is -5.24. The lowest BCUT2D eigenvalue weighted by molar-refractivity contribution is -0.238. The van der Waals surface area contributed by atoms with Gasteiger partial charge in [-0.3, -0.25) is 28.8 Å². The first-order chi connectivity index (χ1) is 24.9. The number of morpholine rings is 1. The predicted molar refractivity (Wildman–Crippen MR) is 192 cm³/mol. The molecule has 52 heavy (non-hydrogen) atoms. The molecule has 0 saturated carbocycles.